The molecule has 120 valence electrons. The van der Waals surface area contributed by atoms with E-state index in [1.807, 2.05) is 18.7 Å². The lowest BCUT2D eigenvalue weighted by atomic mass is 10.3. The van der Waals surface area contributed by atoms with Crippen molar-refractivity contribution in [2.75, 3.05) is 19.6 Å². The van der Waals surface area contributed by atoms with Gasteiger partial charge in [-0.15, -0.1) is 11.8 Å². The van der Waals surface area contributed by atoms with Crippen molar-refractivity contribution in [1.82, 2.24) is 9.47 Å². The third kappa shape index (κ3) is 5.34. The Kier molecular flexibility index (Phi) is 7.33. The highest BCUT2D eigenvalue weighted by Gasteiger charge is 2.21. The summed E-state index contributed by atoms with van der Waals surface area (Å²) in [6.07, 6.45) is 1.30. The van der Waals surface area contributed by atoms with E-state index in [1.165, 1.54) is 16.7 Å². The molecule has 0 unspecified atom stereocenters. The van der Waals surface area contributed by atoms with Gasteiger partial charge >= 0.3 is 5.97 Å². The van der Waals surface area contributed by atoms with Gasteiger partial charge in [0.15, 0.2) is 0 Å². The normalized spacial score (nSPS) is 17.1. The molecule has 0 bridgehead atoms. The Morgan fingerprint density at radius 1 is 1.41 bits per heavy atom. The van der Waals surface area contributed by atoms with Crippen molar-refractivity contribution in [2.24, 2.45) is 0 Å². The molecule has 2 heterocycles. The van der Waals surface area contributed by atoms with Gasteiger partial charge < -0.3 is 9.67 Å². The molecule has 22 heavy (non-hydrogen) atoms. The number of carbonyl (C=O) groups is 1. The Labute approximate surface area is 129 Å². The number of likely N-dealkylation sites (tertiary alicyclic amines) is 1. The van der Waals surface area contributed by atoms with Crippen LogP contribution in [0, 0.1) is 11.8 Å². The van der Waals surface area contributed by atoms with E-state index in [9.17, 15) is 14.0 Å². The number of aromatic nitrogens is 1. The first-order chi connectivity index (χ1) is 10.5. The Hall–Kier alpha value is -2.13. The van der Waals surface area contributed by atoms with Crippen LogP contribution in [0.25, 0.3) is 0 Å². The lowest BCUT2D eigenvalue weighted by molar-refractivity contribution is 0.0694. The fraction of sp³-hybridized carbons (Fsp3) is 0.500. The van der Waals surface area contributed by atoms with Crippen LogP contribution in [0.15, 0.2) is 23.1 Å². The van der Waals surface area contributed by atoms with Crippen LogP contribution < -0.4 is 5.56 Å². The van der Waals surface area contributed by atoms with Gasteiger partial charge in [0, 0.05) is 32.4 Å². The average molecular weight is 308 g/mol. The van der Waals surface area contributed by atoms with Crippen LogP contribution in [0.2, 0.25) is 0 Å². The number of pyridine rings is 1. The van der Waals surface area contributed by atoms with Crippen molar-refractivity contribution in [2.45, 2.75) is 33.0 Å². The first kappa shape index (κ1) is 17.9. The standard InChI is InChI=1S/C12H15FN2O3.C4H6/c13-9-3-5-14(8-9)6-7-15-4-1-2-10(11(15)16)12(17)18;1-3-4-2/h1-2,4,9H,3,5-8H2,(H,17,18);1-2H3/t9-;/m1./s1. The second-order valence-corrected chi connectivity index (χ2v) is 4.91. The Bertz CT molecular complexity index is 610. The van der Waals surface area contributed by atoms with Crippen molar-refractivity contribution >= 4 is 5.97 Å². The number of carboxylic acid groups (broad SMARTS) is 1. The monoisotopic (exact) mass is 308 g/mol. The first-order valence-electron chi connectivity index (χ1n) is 7.12. The molecule has 2 rings (SSSR count). The smallest absolute Gasteiger partial charge is 0.341 e. The predicted octanol–water partition coefficient (Wildman–Crippen LogP) is 1.62. The molecule has 1 aromatic heterocycles. The number of hydrogen-bond acceptors (Lipinski definition) is 3. The quantitative estimate of drug-likeness (QED) is 0.859. The number of hydrogen-bond donors (Lipinski definition) is 1. The maximum atomic E-state index is 13.0. The van der Waals surface area contributed by atoms with E-state index in [4.69, 9.17) is 5.11 Å². The van der Waals surface area contributed by atoms with Gasteiger partial charge in [-0.2, -0.15) is 0 Å². The fourth-order valence-electron chi connectivity index (χ4n) is 2.11. The van der Waals surface area contributed by atoms with Gasteiger partial charge in [-0.3, -0.25) is 9.69 Å². The summed E-state index contributed by atoms with van der Waals surface area (Å²) >= 11 is 0. The molecule has 6 heteroatoms. The second kappa shape index (κ2) is 9.00. The van der Waals surface area contributed by atoms with Crippen LogP contribution in [-0.4, -0.2) is 46.3 Å². The summed E-state index contributed by atoms with van der Waals surface area (Å²) in [5, 5.41) is 8.83. The highest BCUT2D eigenvalue weighted by molar-refractivity contribution is 5.86. The second-order valence-electron chi connectivity index (χ2n) is 4.91. The zero-order valence-corrected chi connectivity index (χ0v) is 12.9. The minimum absolute atomic E-state index is 0.234. The van der Waals surface area contributed by atoms with E-state index >= 15 is 0 Å². The largest absolute Gasteiger partial charge is 0.477 e. The molecule has 1 aliphatic heterocycles. The molecule has 1 N–H and O–H groups in total. The van der Waals surface area contributed by atoms with Crippen LogP contribution in [0.1, 0.15) is 30.6 Å². The van der Waals surface area contributed by atoms with Gasteiger partial charge in [-0.25, -0.2) is 9.18 Å². The van der Waals surface area contributed by atoms with E-state index in [0.29, 0.717) is 32.6 Å². The summed E-state index contributed by atoms with van der Waals surface area (Å²) in [5.74, 6) is 4.14. The molecular formula is C16H21FN2O3. The number of rotatable bonds is 4. The Morgan fingerprint density at radius 3 is 2.59 bits per heavy atom. The summed E-state index contributed by atoms with van der Waals surface area (Å²) < 4.78 is 14.3. The third-order valence-corrected chi connectivity index (χ3v) is 3.37. The molecule has 0 aromatic carbocycles. The zero-order chi connectivity index (χ0) is 16.5. The first-order valence-corrected chi connectivity index (χ1v) is 7.12. The molecule has 0 amide bonds. The molecule has 1 fully saturated rings. The summed E-state index contributed by atoms with van der Waals surface area (Å²) in [7, 11) is 0. The van der Waals surface area contributed by atoms with E-state index in [0.717, 1.165) is 0 Å². The molecule has 1 atom stereocenters. The van der Waals surface area contributed by atoms with Crippen LogP contribution >= 0.6 is 0 Å². The van der Waals surface area contributed by atoms with Crippen molar-refractivity contribution < 1.29 is 14.3 Å². The highest BCUT2D eigenvalue weighted by Crippen LogP contribution is 2.11. The molecule has 0 saturated carbocycles. The topological polar surface area (TPSA) is 62.5 Å². The van der Waals surface area contributed by atoms with Gasteiger partial charge in [0.05, 0.1) is 0 Å². The van der Waals surface area contributed by atoms with Crippen molar-refractivity contribution in [3.63, 3.8) is 0 Å². The molecule has 0 radical (unpaired) electrons. The summed E-state index contributed by atoms with van der Waals surface area (Å²) in [6.45, 7) is 5.66. The highest BCUT2D eigenvalue weighted by atomic mass is 19.1. The predicted molar refractivity (Wildman–Crippen MR) is 82.7 cm³/mol. The molecule has 1 saturated heterocycles. The molecule has 0 aliphatic carbocycles. The summed E-state index contributed by atoms with van der Waals surface area (Å²) in [5.41, 5.74) is -0.747. The minimum Gasteiger partial charge on any atom is -0.477 e. The fourth-order valence-corrected chi connectivity index (χ4v) is 2.11. The molecule has 0 spiro atoms. The van der Waals surface area contributed by atoms with Crippen molar-refractivity contribution in [3.8, 4) is 11.8 Å². The van der Waals surface area contributed by atoms with Crippen LogP contribution in [-0.2, 0) is 6.54 Å². The molecule has 1 aliphatic rings. The lowest BCUT2D eigenvalue weighted by Crippen LogP contribution is -2.31. The minimum atomic E-state index is -1.22. The number of carboxylic acids is 1. The van der Waals surface area contributed by atoms with Crippen LogP contribution in [0.5, 0.6) is 0 Å². The lowest BCUT2D eigenvalue weighted by Gasteiger charge is -2.15. The Balaban J connectivity index is 0.000000541. The van der Waals surface area contributed by atoms with E-state index in [-0.39, 0.29) is 5.56 Å². The number of nitrogens with zero attached hydrogens (tertiary/aromatic N) is 2. The summed E-state index contributed by atoms with van der Waals surface area (Å²) in [4.78, 5) is 24.5. The third-order valence-electron chi connectivity index (χ3n) is 3.37. The maximum absolute atomic E-state index is 13.0. The Morgan fingerprint density at radius 2 is 2.09 bits per heavy atom. The number of alkyl halides is 1. The maximum Gasteiger partial charge on any atom is 0.341 e. The van der Waals surface area contributed by atoms with Crippen molar-refractivity contribution in [3.05, 3.63) is 34.2 Å². The van der Waals surface area contributed by atoms with E-state index < -0.39 is 17.7 Å². The zero-order valence-electron chi connectivity index (χ0n) is 12.9. The molecule has 5 nitrogen and oxygen atoms in total. The molecule has 1 aromatic rings. The van der Waals surface area contributed by atoms with E-state index in [1.54, 1.807) is 6.20 Å². The SMILES string of the molecule is CC#CC.O=C(O)c1cccn(CCN2CC[C@@H](F)C2)c1=O. The van der Waals surface area contributed by atoms with Gasteiger partial charge in [-0.05, 0) is 32.4 Å². The van der Waals surface area contributed by atoms with Crippen LogP contribution in [0.3, 0.4) is 0 Å². The number of halogens is 1. The average Bonchev–Trinajstić information content (AvgIpc) is 2.92. The number of aromatic carboxylic acids is 1. The van der Waals surface area contributed by atoms with E-state index in [2.05, 4.69) is 11.8 Å². The van der Waals surface area contributed by atoms with Crippen molar-refractivity contribution in [1.29, 1.82) is 0 Å². The molecular weight excluding hydrogens is 287 g/mol. The van der Waals surface area contributed by atoms with Crippen LogP contribution in [0.4, 0.5) is 4.39 Å². The van der Waals surface area contributed by atoms with Gasteiger partial charge in [0.1, 0.15) is 11.7 Å². The summed E-state index contributed by atoms with van der Waals surface area (Å²) in [6, 6.07) is 2.82. The van der Waals surface area contributed by atoms with Gasteiger partial charge in [0.2, 0.25) is 0 Å². The van der Waals surface area contributed by atoms with Gasteiger partial charge in [-0.1, -0.05) is 0 Å². The van der Waals surface area contributed by atoms with Gasteiger partial charge in [0.25, 0.3) is 5.56 Å².